The normalized spacial score (nSPS) is 15.1. The highest BCUT2D eigenvalue weighted by Gasteiger charge is 2.15. The van der Waals surface area contributed by atoms with Crippen LogP contribution in [0.15, 0.2) is 30.3 Å². The molecule has 1 aliphatic rings. The number of benzene rings is 1. The Hall–Kier alpha value is -1.37. The summed E-state index contributed by atoms with van der Waals surface area (Å²) in [5.74, 6) is 1.39. The minimum atomic E-state index is 0.609. The van der Waals surface area contributed by atoms with E-state index in [1.165, 1.54) is 29.7 Å². The van der Waals surface area contributed by atoms with E-state index in [2.05, 4.69) is 68.8 Å². The molecule has 0 bridgehead atoms. The number of hydrogen-bond donors (Lipinski definition) is 0. The van der Waals surface area contributed by atoms with Gasteiger partial charge in [-0.3, -0.25) is 0 Å². The number of rotatable bonds is 5. The Labute approximate surface area is 117 Å². The monoisotopic (exact) mass is 256 g/mol. The zero-order valence-corrected chi connectivity index (χ0v) is 12.7. The van der Waals surface area contributed by atoms with Crippen molar-refractivity contribution in [3.63, 3.8) is 0 Å². The van der Waals surface area contributed by atoms with Gasteiger partial charge in [0, 0.05) is 12.0 Å². The van der Waals surface area contributed by atoms with Gasteiger partial charge in [-0.25, -0.2) is 4.58 Å². The highest BCUT2D eigenvalue weighted by molar-refractivity contribution is 6.08. The molecule has 1 heterocycles. The van der Waals surface area contributed by atoms with E-state index in [4.69, 9.17) is 0 Å². The molecule has 2 rings (SSSR count). The topological polar surface area (TPSA) is 3.01 Å². The van der Waals surface area contributed by atoms with Crippen LogP contribution >= 0.6 is 0 Å². The second-order valence-corrected chi connectivity index (χ2v) is 6.24. The van der Waals surface area contributed by atoms with Gasteiger partial charge in [0.25, 0.3) is 0 Å². The molecule has 1 aromatic rings. The first-order chi connectivity index (χ1) is 9.06. The first kappa shape index (κ1) is 14.0. The van der Waals surface area contributed by atoms with Crippen LogP contribution in [0.3, 0.4) is 0 Å². The first-order valence-corrected chi connectivity index (χ1v) is 7.45. The Morgan fingerprint density at radius 3 is 2.32 bits per heavy atom. The molecule has 0 aromatic heterocycles. The predicted octanol–water partition coefficient (Wildman–Crippen LogP) is 4.34. The molecule has 1 aliphatic heterocycles. The van der Waals surface area contributed by atoms with Crippen LogP contribution < -0.4 is 0 Å². The third-order valence-corrected chi connectivity index (χ3v) is 3.77. The van der Waals surface area contributed by atoms with Crippen LogP contribution in [0.4, 0.5) is 0 Å². The van der Waals surface area contributed by atoms with Crippen LogP contribution in [-0.2, 0) is 0 Å². The lowest BCUT2D eigenvalue weighted by atomic mass is 9.99. The van der Waals surface area contributed by atoms with Gasteiger partial charge < -0.3 is 0 Å². The van der Waals surface area contributed by atoms with Crippen LogP contribution in [0.5, 0.6) is 0 Å². The molecule has 0 saturated carbocycles. The van der Waals surface area contributed by atoms with Crippen molar-refractivity contribution in [2.24, 2.45) is 5.92 Å². The van der Waals surface area contributed by atoms with Gasteiger partial charge in [-0.1, -0.05) is 52.0 Å². The van der Waals surface area contributed by atoms with Gasteiger partial charge in [-0.05, 0) is 29.0 Å². The minimum absolute atomic E-state index is 0.609. The molecule has 0 fully saturated rings. The summed E-state index contributed by atoms with van der Waals surface area (Å²) < 4.78 is 2.42. The van der Waals surface area contributed by atoms with E-state index >= 15 is 0 Å². The fourth-order valence-corrected chi connectivity index (χ4v) is 2.35. The van der Waals surface area contributed by atoms with Crippen LogP contribution in [0.1, 0.15) is 51.2 Å². The van der Waals surface area contributed by atoms with Crippen LogP contribution in [-0.4, -0.2) is 23.9 Å². The van der Waals surface area contributed by atoms with Crippen molar-refractivity contribution in [3.8, 4) is 0 Å². The summed E-state index contributed by atoms with van der Waals surface area (Å²) in [7, 11) is 0. The number of allylic oxidation sites excluding steroid dienone is 1. The van der Waals surface area contributed by atoms with Crippen molar-refractivity contribution in [3.05, 3.63) is 41.5 Å². The summed E-state index contributed by atoms with van der Waals surface area (Å²) in [5.41, 5.74) is 4.13. The van der Waals surface area contributed by atoms with E-state index in [9.17, 15) is 0 Å². The van der Waals surface area contributed by atoms with E-state index < -0.39 is 0 Å². The maximum Gasteiger partial charge on any atom is 0.171 e. The molecule has 1 nitrogen and oxygen atoms in total. The third-order valence-electron chi connectivity index (χ3n) is 3.77. The van der Waals surface area contributed by atoms with Gasteiger partial charge in [0.2, 0.25) is 0 Å². The second kappa shape index (κ2) is 6.18. The summed E-state index contributed by atoms with van der Waals surface area (Å²) in [6, 6.07) is 9.02. The molecule has 0 spiro atoms. The number of nitrogens with zero attached hydrogens (tertiary/aromatic N) is 1. The summed E-state index contributed by atoms with van der Waals surface area (Å²) >= 11 is 0. The fourth-order valence-electron chi connectivity index (χ4n) is 2.35. The van der Waals surface area contributed by atoms with Crippen LogP contribution in [0.2, 0.25) is 0 Å². The number of hydrogen-bond acceptors (Lipinski definition) is 0. The van der Waals surface area contributed by atoms with E-state index in [0.717, 1.165) is 12.5 Å². The molecule has 0 unspecified atom stereocenters. The van der Waals surface area contributed by atoms with Crippen molar-refractivity contribution >= 4 is 11.8 Å². The molecular formula is C18H26N+. The SMILES string of the molecule is CC(C)CC[N+]1=CC(c2ccc(C(C)C)cc2)=CC1. The first-order valence-electron chi connectivity index (χ1n) is 7.45. The quantitative estimate of drug-likeness (QED) is 0.690. The lowest BCUT2D eigenvalue weighted by molar-refractivity contribution is -0.510. The zero-order valence-electron chi connectivity index (χ0n) is 12.7. The average molecular weight is 256 g/mol. The Balaban J connectivity index is 2.03. The van der Waals surface area contributed by atoms with E-state index in [1.54, 1.807) is 0 Å². The lowest BCUT2D eigenvalue weighted by Crippen LogP contribution is -2.12. The molecule has 0 atom stereocenters. The molecule has 1 aromatic carbocycles. The molecule has 0 saturated heterocycles. The molecule has 0 N–H and O–H groups in total. The summed E-state index contributed by atoms with van der Waals surface area (Å²) in [6.45, 7) is 11.3. The smallest absolute Gasteiger partial charge is 0.171 e. The highest BCUT2D eigenvalue weighted by atomic mass is 15.0. The Kier molecular flexibility index (Phi) is 4.57. The van der Waals surface area contributed by atoms with E-state index in [0.29, 0.717) is 5.92 Å². The zero-order chi connectivity index (χ0) is 13.8. The molecule has 102 valence electrons. The molecule has 19 heavy (non-hydrogen) atoms. The maximum atomic E-state index is 2.42. The van der Waals surface area contributed by atoms with Crippen molar-refractivity contribution < 1.29 is 4.58 Å². The Bertz CT molecular complexity index is 475. The van der Waals surface area contributed by atoms with Gasteiger partial charge in [0.05, 0.1) is 0 Å². The van der Waals surface area contributed by atoms with Crippen molar-refractivity contribution in [2.45, 2.75) is 40.0 Å². The van der Waals surface area contributed by atoms with E-state index in [1.807, 2.05) is 0 Å². The van der Waals surface area contributed by atoms with Gasteiger partial charge in [0.1, 0.15) is 6.54 Å². The summed E-state index contributed by atoms with van der Waals surface area (Å²) in [5, 5.41) is 0. The predicted molar refractivity (Wildman–Crippen MR) is 84.0 cm³/mol. The van der Waals surface area contributed by atoms with Gasteiger partial charge >= 0.3 is 0 Å². The molecule has 0 aliphatic carbocycles. The van der Waals surface area contributed by atoms with Crippen molar-refractivity contribution in [2.75, 3.05) is 13.1 Å². The van der Waals surface area contributed by atoms with E-state index in [-0.39, 0.29) is 0 Å². The fraction of sp³-hybridized carbons (Fsp3) is 0.500. The molecule has 0 radical (unpaired) electrons. The standard InChI is InChI=1S/C18H26N/c1-14(2)9-11-19-12-10-18(13-19)17-7-5-16(6-8-17)15(3)4/h5-8,10,13-15H,9,11-12H2,1-4H3/q+1. The van der Waals surface area contributed by atoms with Crippen LogP contribution in [0, 0.1) is 5.92 Å². The van der Waals surface area contributed by atoms with Gasteiger partial charge in [-0.2, -0.15) is 0 Å². The minimum Gasteiger partial charge on any atom is -0.232 e. The maximum absolute atomic E-state index is 2.42. The molecule has 0 amide bonds. The third kappa shape index (κ3) is 3.79. The molecule has 1 heteroatoms. The Morgan fingerprint density at radius 2 is 1.74 bits per heavy atom. The molecular weight excluding hydrogens is 230 g/mol. The van der Waals surface area contributed by atoms with Crippen molar-refractivity contribution in [1.29, 1.82) is 0 Å². The Morgan fingerprint density at radius 1 is 1.05 bits per heavy atom. The van der Waals surface area contributed by atoms with Crippen LogP contribution in [0.25, 0.3) is 5.57 Å². The van der Waals surface area contributed by atoms with Gasteiger partial charge in [-0.15, -0.1) is 0 Å². The second-order valence-electron chi connectivity index (χ2n) is 6.24. The largest absolute Gasteiger partial charge is 0.232 e. The lowest BCUT2D eigenvalue weighted by Gasteiger charge is -2.05. The summed E-state index contributed by atoms with van der Waals surface area (Å²) in [4.78, 5) is 0. The summed E-state index contributed by atoms with van der Waals surface area (Å²) in [6.07, 6.45) is 5.92. The van der Waals surface area contributed by atoms with Crippen molar-refractivity contribution in [1.82, 2.24) is 0 Å². The highest BCUT2D eigenvalue weighted by Crippen LogP contribution is 2.20. The average Bonchev–Trinajstić information content (AvgIpc) is 2.85. The van der Waals surface area contributed by atoms with Gasteiger partial charge in [0.15, 0.2) is 12.8 Å².